The standard InChI is InChI=1S/C15H17BrO4/c1-2-19-15(18)14(17)11-6-7-13(12(16)8-11)20-9-10-4-3-5-10/h6-8,10H,2-5,9H2,1H3. The van der Waals surface area contributed by atoms with E-state index >= 15 is 0 Å². The summed E-state index contributed by atoms with van der Waals surface area (Å²) in [7, 11) is 0. The fourth-order valence-corrected chi connectivity index (χ4v) is 2.43. The van der Waals surface area contributed by atoms with Crippen LogP contribution in [0.4, 0.5) is 0 Å². The molecule has 0 heterocycles. The highest BCUT2D eigenvalue weighted by molar-refractivity contribution is 9.10. The number of rotatable bonds is 6. The average molecular weight is 341 g/mol. The normalized spacial score (nSPS) is 14.5. The zero-order valence-corrected chi connectivity index (χ0v) is 12.9. The van der Waals surface area contributed by atoms with E-state index in [1.54, 1.807) is 25.1 Å². The fourth-order valence-electron chi connectivity index (χ4n) is 1.94. The average Bonchev–Trinajstić information content (AvgIpc) is 2.38. The smallest absolute Gasteiger partial charge is 0.379 e. The number of benzene rings is 1. The molecule has 0 unspecified atom stereocenters. The van der Waals surface area contributed by atoms with Gasteiger partial charge in [0.25, 0.3) is 5.78 Å². The molecule has 0 spiro atoms. The molecule has 0 bridgehead atoms. The first-order valence-corrected chi connectivity index (χ1v) is 7.55. The molecule has 0 saturated heterocycles. The van der Waals surface area contributed by atoms with E-state index in [2.05, 4.69) is 15.9 Å². The van der Waals surface area contributed by atoms with Gasteiger partial charge in [-0.3, -0.25) is 4.79 Å². The van der Waals surface area contributed by atoms with Crippen LogP contribution in [0.2, 0.25) is 0 Å². The van der Waals surface area contributed by atoms with Crippen LogP contribution >= 0.6 is 15.9 Å². The van der Waals surface area contributed by atoms with Crippen molar-refractivity contribution in [3.8, 4) is 5.75 Å². The molecule has 1 aliphatic rings. The Labute approximate surface area is 126 Å². The van der Waals surface area contributed by atoms with E-state index in [-0.39, 0.29) is 6.61 Å². The largest absolute Gasteiger partial charge is 0.492 e. The second-order valence-corrected chi connectivity index (χ2v) is 5.66. The minimum absolute atomic E-state index is 0.189. The topological polar surface area (TPSA) is 52.6 Å². The van der Waals surface area contributed by atoms with Gasteiger partial charge in [0.05, 0.1) is 17.7 Å². The summed E-state index contributed by atoms with van der Waals surface area (Å²) < 4.78 is 11.1. The first kappa shape index (κ1) is 15.0. The van der Waals surface area contributed by atoms with E-state index in [1.807, 2.05) is 0 Å². The Morgan fingerprint density at radius 1 is 1.35 bits per heavy atom. The van der Waals surface area contributed by atoms with Gasteiger partial charge in [-0.2, -0.15) is 0 Å². The van der Waals surface area contributed by atoms with Crippen LogP contribution in [0.15, 0.2) is 22.7 Å². The van der Waals surface area contributed by atoms with Crippen molar-refractivity contribution in [2.24, 2.45) is 5.92 Å². The predicted molar refractivity (Wildman–Crippen MR) is 77.9 cm³/mol. The lowest BCUT2D eigenvalue weighted by atomic mass is 9.86. The number of halogens is 1. The summed E-state index contributed by atoms with van der Waals surface area (Å²) in [5.41, 5.74) is 0.298. The number of esters is 1. The molecular weight excluding hydrogens is 324 g/mol. The quantitative estimate of drug-likeness (QED) is 0.452. The molecule has 1 fully saturated rings. The van der Waals surface area contributed by atoms with Crippen molar-refractivity contribution >= 4 is 27.7 Å². The molecule has 5 heteroatoms. The molecule has 0 N–H and O–H groups in total. The van der Waals surface area contributed by atoms with Gasteiger partial charge in [-0.15, -0.1) is 0 Å². The Morgan fingerprint density at radius 2 is 2.10 bits per heavy atom. The van der Waals surface area contributed by atoms with Crippen LogP contribution < -0.4 is 4.74 Å². The van der Waals surface area contributed by atoms with E-state index in [0.29, 0.717) is 28.3 Å². The molecule has 108 valence electrons. The predicted octanol–water partition coefficient (Wildman–Crippen LogP) is 3.37. The maximum absolute atomic E-state index is 11.8. The molecule has 0 atom stereocenters. The van der Waals surface area contributed by atoms with Crippen LogP contribution in [0.5, 0.6) is 5.75 Å². The molecule has 4 nitrogen and oxygen atoms in total. The Balaban J connectivity index is 2.00. The molecule has 20 heavy (non-hydrogen) atoms. The van der Waals surface area contributed by atoms with Gasteiger partial charge in [0, 0.05) is 5.56 Å². The van der Waals surface area contributed by atoms with E-state index in [9.17, 15) is 9.59 Å². The summed E-state index contributed by atoms with van der Waals surface area (Å²) in [5.74, 6) is -0.138. The van der Waals surface area contributed by atoms with E-state index in [1.165, 1.54) is 19.3 Å². The third-order valence-corrected chi connectivity index (χ3v) is 3.97. The van der Waals surface area contributed by atoms with Gasteiger partial charge in [0.2, 0.25) is 0 Å². The van der Waals surface area contributed by atoms with Gasteiger partial charge >= 0.3 is 5.97 Å². The Bertz CT molecular complexity index is 509. The van der Waals surface area contributed by atoms with Gasteiger partial charge in [-0.05, 0) is 59.8 Å². The molecule has 1 aliphatic carbocycles. The van der Waals surface area contributed by atoms with Crippen molar-refractivity contribution in [1.82, 2.24) is 0 Å². The number of ketones is 1. The Hall–Kier alpha value is -1.36. The molecule has 0 amide bonds. The molecule has 1 aromatic carbocycles. The van der Waals surface area contributed by atoms with Crippen LogP contribution in [0.25, 0.3) is 0 Å². The number of Topliss-reactive ketones (excluding diaryl/α,β-unsaturated/α-hetero) is 1. The maximum Gasteiger partial charge on any atom is 0.379 e. The van der Waals surface area contributed by atoms with Gasteiger partial charge in [-0.1, -0.05) is 6.42 Å². The minimum atomic E-state index is -0.831. The summed E-state index contributed by atoms with van der Waals surface area (Å²) >= 11 is 3.36. The van der Waals surface area contributed by atoms with Crippen LogP contribution in [-0.4, -0.2) is 25.0 Å². The maximum atomic E-state index is 11.8. The van der Waals surface area contributed by atoms with Gasteiger partial charge < -0.3 is 9.47 Å². The van der Waals surface area contributed by atoms with Crippen LogP contribution in [-0.2, 0) is 9.53 Å². The van der Waals surface area contributed by atoms with Gasteiger partial charge in [-0.25, -0.2) is 4.79 Å². The summed E-state index contributed by atoms with van der Waals surface area (Å²) in [6.45, 7) is 2.55. The monoisotopic (exact) mass is 340 g/mol. The van der Waals surface area contributed by atoms with E-state index < -0.39 is 11.8 Å². The lowest BCUT2D eigenvalue weighted by Gasteiger charge is -2.25. The first-order valence-electron chi connectivity index (χ1n) is 6.75. The number of carbonyl (C=O) groups excluding carboxylic acids is 2. The van der Waals surface area contributed by atoms with Crippen molar-refractivity contribution in [2.75, 3.05) is 13.2 Å². The molecule has 0 radical (unpaired) electrons. The molecule has 1 aromatic rings. The van der Waals surface area contributed by atoms with Gasteiger partial charge in [0.15, 0.2) is 0 Å². The van der Waals surface area contributed by atoms with Crippen LogP contribution in [0.1, 0.15) is 36.5 Å². The van der Waals surface area contributed by atoms with Crippen LogP contribution in [0, 0.1) is 5.92 Å². The number of ether oxygens (including phenoxy) is 2. The highest BCUT2D eigenvalue weighted by Gasteiger charge is 2.20. The second kappa shape index (κ2) is 6.88. The Morgan fingerprint density at radius 3 is 2.65 bits per heavy atom. The zero-order chi connectivity index (χ0) is 14.5. The van der Waals surface area contributed by atoms with E-state index in [4.69, 9.17) is 9.47 Å². The summed E-state index contributed by atoms with van der Waals surface area (Å²) in [6, 6.07) is 4.88. The summed E-state index contributed by atoms with van der Waals surface area (Å²) in [4.78, 5) is 23.2. The van der Waals surface area contributed by atoms with Crippen molar-refractivity contribution in [3.63, 3.8) is 0 Å². The highest BCUT2D eigenvalue weighted by atomic mass is 79.9. The third-order valence-electron chi connectivity index (χ3n) is 3.35. The SMILES string of the molecule is CCOC(=O)C(=O)c1ccc(OCC2CCC2)c(Br)c1. The minimum Gasteiger partial charge on any atom is -0.492 e. The molecular formula is C15H17BrO4. The van der Waals surface area contributed by atoms with Crippen molar-refractivity contribution in [3.05, 3.63) is 28.2 Å². The number of hydrogen-bond donors (Lipinski definition) is 0. The lowest BCUT2D eigenvalue weighted by Crippen LogP contribution is -2.19. The van der Waals surface area contributed by atoms with Crippen molar-refractivity contribution in [1.29, 1.82) is 0 Å². The fraction of sp³-hybridized carbons (Fsp3) is 0.467. The zero-order valence-electron chi connectivity index (χ0n) is 11.4. The van der Waals surface area contributed by atoms with Crippen molar-refractivity contribution < 1.29 is 19.1 Å². The number of hydrogen-bond acceptors (Lipinski definition) is 4. The third kappa shape index (κ3) is 3.60. The second-order valence-electron chi connectivity index (χ2n) is 4.80. The Kier molecular flexibility index (Phi) is 5.17. The highest BCUT2D eigenvalue weighted by Crippen LogP contribution is 2.30. The van der Waals surface area contributed by atoms with Gasteiger partial charge in [0.1, 0.15) is 5.75 Å². The summed E-state index contributed by atoms with van der Waals surface area (Å²) in [6.07, 6.45) is 3.72. The van der Waals surface area contributed by atoms with Crippen molar-refractivity contribution in [2.45, 2.75) is 26.2 Å². The number of carbonyl (C=O) groups is 2. The van der Waals surface area contributed by atoms with Crippen LogP contribution in [0.3, 0.4) is 0 Å². The molecule has 2 rings (SSSR count). The lowest BCUT2D eigenvalue weighted by molar-refractivity contribution is -0.137. The first-order chi connectivity index (χ1) is 9.61. The molecule has 1 saturated carbocycles. The van der Waals surface area contributed by atoms with E-state index in [0.717, 1.165) is 0 Å². The molecule has 0 aliphatic heterocycles. The summed E-state index contributed by atoms with van der Waals surface area (Å²) in [5, 5.41) is 0. The molecule has 0 aromatic heterocycles.